The van der Waals surface area contributed by atoms with Gasteiger partial charge in [-0.25, -0.2) is 0 Å². The van der Waals surface area contributed by atoms with E-state index in [0.29, 0.717) is 56.2 Å². The van der Waals surface area contributed by atoms with E-state index >= 15 is 0 Å². The van der Waals surface area contributed by atoms with Crippen LogP contribution in [0.15, 0.2) is 18.2 Å². The Labute approximate surface area is 191 Å². The van der Waals surface area contributed by atoms with Gasteiger partial charge in [-0.1, -0.05) is 6.92 Å². The SMILES string of the molecule is CO[C@H]1CN(C)C(=O)c2cc(NC(=O)C3CCOCC3)ccc2OC[C@@H](C)N(C)C[C@H]1C. The molecule has 0 radical (unpaired) electrons. The van der Waals surface area contributed by atoms with E-state index < -0.39 is 0 Å². The van der Waals surface area contributed by atoms with Crippen molar-refractivity contribution in [3.05, 3.63) is 23.8 Å². The van der Waals surface area contributed by atoms with E-state index in [0.717, 1.165) is 6.54 Å². The third-order valence-corrected chi connectivity index (χ3v) is 6.62. The minimum absolute atomic E-state index is 0.0355. The number of hydrogen-bond donors (Lipinski definition) is 1. The topological polar surface area (TPSA) is 80.3 Å². The minimum atomic E-state index is -0.155. The van der Waals surface area contributed by atoms with Crippen molar-refractivity contribution in [1.82, 2.24) is 9.80 Å². The van der Waals surface area contributed by atoms with E-state index in [9.17, 15) is 9.59 Å². The number of rotatable bonds is 3. The number of amides is 2. The zero-order chi connectivity index (χ0) is 23.3. The second kappa shape index (κ2) is 11.1. The number of nitrogens with zero attached hydrogens (tertiary/aromatic N) is 2. The predicted molar refractivity (Wildman–Crippen MR) is 123 cm³/mol. The third-order valence-electron chi connectivity index (χ3n) is 6.62. The van der Waals surface area contributed by atoms with Crippen molar-refractivity contribution in [2.75, 3.05) is 59.4 Å². The lowest BCUT2D eigenvalue weighted by molar-refractivity contribution is -0.122. The minimum Gasteiger partial charge on any atom is -0.491 e. The van der Waals surface area contributed by atoms with Gasteiger partial charge in [0.2, 0.25) is 5.91 Å². The molecule has 2 heterocycles. The lowest BCUT2D eigenvalue weighted by Crippen LogP contribution is -2.45. The van der Waals surface area contributed by atoms with Crippen LogP contribution in [0, 0.1) is 11.8 Å². The zero-order valence-corrected chi connectivity index (χ0v) is 19.9. The van der Waals surface area contributed by atoms with Gasteiger partial charge >= 0.3 is 0 Å². The molecule has 1 saturated heterocycles. The molecule has 32 heavy (non-hydrogen) atoms. The summed E-state index contributed by atoms with van der Waals surface area (Å²) in [6.07, 6.45) is 1.34. The molecular formula is C24H37N3O5. The highest BCUT2D eigenvalue weighted by atomic mass is 16.5. The Morgan fingerprint density at radius 1 is 1.16 bits per heavy atom. The van der Waals surface area contributed by atoms with Crippen molar-refractivity contribution in [2.45, 2.75) is 38.8 Å². The highest BCUT2D eigenvalue weighted by Crippen LogP contribution is 2.27. The third kappa shape index (κ3) is 5.99. The largest absolute Gasteiger partial charge is 0.491 e. The molecule has 0 aliphatic carbocycles. The van der Waals surface area contributed by atoms with E-state index in [-0.39, 0.29) is 35.8 Å². The van der Waals surface area contributed by atoms with E-state index in [2.05, 4.69) is 31.1 Å². The van der Waals surface area contributed by atoms with Gasteiger partial charge in [0.05, 0.1) is 11.7 Å². The first-order valence-corrected chi connectivity index (χ1v) is 11.4. The van der Waals surface area contributed by atoms with Gasteiger partial charge in [-0.05, 0) is 50.9 Å². The predicted octanol–water partition coefficient (Wildman–Crippen LogP) is 2.49. The monoisotopic (exact) mass is 447 g/mol. The Morgan fingerprint density at radius 2 is 1.88 bits per heavy atom. The average molecular weight is 448 g/mol. The summed E-state index contributed by atoms with van der Waals surface area (Å²) in [6.45, 7) is 7.22. The Balaban J connectivity index is 1.86. The number of likely N-dealkylation sites (N-methyl/N-ethyl adjacent to an activating group) is 2. The molecule has 8 heteroatoms. The van der Waals surface area contributed by atoms with Crippen LogP contribution >= 0.6 is 0 Å². The number of fused-ring (bicyclic) bond motifs is 1. The van der Waals surface area contributed by atoms with Crippen LogP contribution in [0.25, 0.3) is 0 Å². The van der Waals surface area contributed by atoms with E-state index in [1.165, 1.54) is 0 Å². The molecule has 2 amide bonds. The lowest BCUT2D eigenvalue weighted by atomic mass is 9.99. The van der Waals surface area contributed by atoms with Crippen molar-refractivity contribution >= 4 is 17.5 Å². The van der Waals surface area contributed by atoms with Crippen LogP contribution < -0.4 is 10.1 Å². The molecule has 2 aliphatic rings. The standard InChI is InChI=1S/C24H37N3O5/c1-16-13-26(3)17(2)15-32-21-7-6-19(25-23(28)18-8-10-31-11-9-18)12-20(21)24(29)27(4)14-22(16)30-5/h6-7,12,16-18,22H,8-11,13-15H2,1-5H3,(H,25,28)/t16-,17-,22+/m1/s1. The quantitative estimate of drug-likeness (QED) is 0.767. The molecule has 1 N–H and O–H groups in total. The molecule has 0 spiro atoms. The first-order chi connectivity index (χ1) is 15.3. The summed E-state index contributed by atoms with van der Waals surface area (Å²) in [6, 6.07) is 5.46. The molecule has 3 rings (SSSR count). The van der Waals surface area contributed by atoms with Gasteiger partial charge in [-0.2, -0.15) is 0 Å². The maximum Gasteiger partial charge on any atom is 0.257 e. The van der Waals surface area contributed by atoms with Crippen molar-refractivity contribution in [3.63, 3.8) is 0 Å². The molecule has 3 atom stereocenters. The summed E-state index contributed by atoms with van der Waals surface area (Å²) in [7, 11) is 5.54. The highest BCUT2D eigenvalue weighted by molar-refractivity contribution is 5.99. The van der Waals surface area contributed by atoms with E-state index in [1.54, 1.807) is 37.3 Å². The maximum atomic E-state index is 13.4. The first-order valence-electron chi connectivity index (χ1n) is 11.4. The molecule has 0 saturated carbocycles. The van der Waals surface area contributed by atoms with Gasteiger partial charge in [-0.15, -0.1) is 0 Å². The summed E-state index contributed by atoms with van der Waals surface area (Å²) in [4.78, 5) is 29.9. The molecular weight excluding hydrogens is 410 g/mol. The molecule has 0 bridgehead atoms. The number of anilines is 1. The van der Waals surface area contributed by atoms with Gasteiger partial charge in [0.15, 0.2) is 0 Å². The van der Waals surface area contributed by atoms with Crippen LogP contribution in [0.5, 0.6) is 5.75 Å². The van der Waals surface area contributed by atoms with E-state index in [1.807, 2.05) is 0 Å². The number of carbonyl (C=O) groups is 2. The van der Waals surface area contributed by atoms with Crippen LogP contribution in [-0.2, 0) is 14.3 Å². The summed E-state index contributed by atoms with van der Waals surface area (Å²) >= 11 is 0. The van der Waals surface area contributed by atoms with Gasteiger partial charge in [-0.3, -0.25) is 14.5 Å². The van der Waals surface area contributed by atoms with Crippen molar-refractivity contribution in [1.29, 1.82) is 0 Å². The summed E-state index contributed by atoms with van der Waals surface area (Å²) < 4.78 is 17.1. The van der Waals surface area contributed by atoms with Gasteiger partial charge in [0.25, 0.3) is 5.91 Å². The Bertz CT molecular complexity index is 796. The number of benzene rings is 1. The van der Waals surface area contributed by atoms with Gasteiger partial charge in [0, 0.05) is 58.1 Å². The van der Waals surface area contributed by atoms with Gasteiger partial charge in [0.1, 0.15) is 12.4 Å². The molecule has 1 fully saturated rings. The Kier molecular flexibility index (Phi) is 8.51. The van der Waals surface area contributed by atoms with Crippen molar-refractivity contribution in [2.24, 2.45) is 11.8 Å². The molecule has 2 aliphatic heterocycles. The average Bonchev–Trinajstić information content (AvgIpc) is 2.80. The number of carbonyl (C=O) groups excluding carboxylic acids is 2. The van der Waals surface area contributed by atoms with Crippen LogP contribution in [0.2, 0.25) is 0 Å². The lowest BCUT2D eigenvalue weighted by Gasteiger charge is -2.34. The van der Waals surface area contributed by atoms with Crippen molar-refractivity contribution in [3.8, 4) is 5.75 Å². The second-order valence-electron chi connectivity index (χ2n) is 9.12. The zero-order valence-electron chi connectivity index (χ0n) is 19.9. The van der Waals surface area contributed by atoms with Gasteiger partial charge < -0.3 is 24.4 Å². The summed E-state index contributed by atoms with van der Waals surface area (Å²) in [5.41, 5.74) is 1.04. The molecule has 1 aromatic rings. The molecule has 0 unspecified atom stereocenters. The fraction of sp³-hybridized carbons (Fsp3) is 0.667. The molecule has 178 valence electrons. The number of hydrogen-bond acceptors (Lipinski definition) is 6. The van der Waals surface area contributed by atoms with Crippen LogP contribution in [0.3, 0.4) is 0 Å². The van der Waals surface area contributed by atoms with Crippen LogP contribution in [0.1, 0.15) is 37.0 Å². The fourth-order valence-electron chi connectivity index (χ4n) is 4.24. The fourth-order valence-corrected chi connectivity index (χ4v) is 4.24. The highest BCUT2D eigenvalue weighted by Gasteiger charge is 2.28. The Morgan fingerprint density at radius 3 is 2.56 bits per heavy atom. The Hall–Kier alpha value is -2.16. The number of ether oxygens (including phenoxy) is 3. The number of methoxy groups -OCH3 is 1. The normalized spacial score (nSPS) is 26.5. The van der Waals surface area contributed by atoms with Crippen molar-refractivity contribution < 1.29 is 23.8 Å². The smallest absolute Gasteiger partial charge is 0.257 e. The maximum absolute atomic E-state index is 13.4. The molecule has 8 nitrogen and oxygen atoms in total. The van der Waals surface area contributed by atoms with Crippen LogP contribution in [-0.4, -0.2) is 87.9 Å². The summed E-state index contributed by atoms with van der Waals surface area (Å²) in [5, 5.41) is 2.97. The van der Waals surface area contributed by atoms with Crippen LogP contribution in [0.4, 0.5) is 5.69 Å². The number of nitrogens with one attached hydrogen (secondary N) is 1. The van der Waals surface area contributed by atoms with E-state index in [4.69, 9.17) is 14.2 Å². The molecule has 1 aromatic carbocycles. The first kappa shape index (κ1) is 24.5. The summed E-state index contributed by atoms with van der Waals surface area (Å²) in [5.74, 6) is 0.504. The second-order valence-corrected chi connectivity index (χ2v) is 9.12. The molecule has 0 aromatic heterocycles.